The smallest absolute Gasteiger partial charge is 0.234 e. The molecule has 1 aliphatic rings. The van der Waals surface area contributed by atoms with E-state index in [1.165, 1.54) is 5.56 Å². The molecule has 1 saturated carbocycles. The zero-order valence-electron chi connectivity index (χ0n) is 17.6. The summed E-state index contributed by atoms with van der Waals surface area (Å²) >= 11 is 0. The van der Waals surface area contributed by atoms with Crippen LogP contribution in [0.1, 0.15) is 36.9 Å². The van der Waals surface area contributed by atoms with Crippen LogP contribution >= 0.6 is 0 Å². The van der Waals surface area contributed by atoms with Crippen molar-refractivity contribution in [3.05, 3.63) is 53.6 Å². The van der Waals surface area contributed by atoms with Gasteiger partial charge in [-0.05, 0) is 55.7 Å². The second kappa shape index (κ2) is 9.65. The van der Waals surface area contributed by atoms with Crippen LogP contribution in [0.2, 0.25) is 0 Å². The Morgan fingerprint density at radius 2 is 1.69 bits per heavy atom. The molecule has 2 aromatic rings. The molecule has 0 aromatic heterocycles. The second-order valence-corrected chi connectivity index (χ2v) is 7.38. The van der Waals surface area contributed by atoms with Crippen molar-refractivity contribution in [3.63, 3.8) is 0 Å². The molecule has 0 radical (unpaired) electrons. The maximum atomic E-state index is 12.8. The van der Waals surface area contributed by atoms with E-state index < -0.39 is 0 Å². The molecule has 29 heavy (non-hydrogen) atoms. The lowest BCUT2D eigenvalue weighted by Crippen LogP contribution is -2.39. The normalized spacial score (nSPS) is 14.4. The van der Waals surface area contributed by atoms with E-state index in [0.29, 0.717) is 12.6 Å². The summed E-state index contributed by atoms with van der Waals surface area (Å²) in [5.41, 5.74) is 2.07. The van der Waals surface area contributed by atoms with E-state index in [1.807, 2.05) is 37.3 Å². The molecule has 1 amide bonds. The van der Waals surface area contributed by atoms with E-state index in [-0.39, 0.29) is 11.9 Å². The number of ether oxygens (including phenoxy) is 3. The van der Waals surface area contributed by atoms with Gasteiger partial charge in [0.25, 0.3) is 0 Å². The summed E-state index contributed by atoms with van der Waals surface area (Å²) in [7, 11) is 4.92. The van der Waals surface area contributed by atoms with E-state index in [9.17, 15) is 4.79 Å². The second-order valence-electron chi connectivity index (χ2n) is 7.38. The van der Waals surface area contributed by atoms with Crippen LogP contribution in [-0.2, 0) is 11.3 Å². The largest absolute Gasteiger partial charge is 0.497 e. The number of carbonyl (C=O) groups is 1. The first-order chi connectivity index (χ1) is 14.0. The van der Waals surface area contributed by atoms with Crippen LogP contribution in [0.25, 0.3) is 0 Å². The zero-order chi connectivity index (χ0) is 20.8. The summed E-state index contributed by atoms with van der Waals surface area (Å²) in [6.07, 6.45) is 2.28. The lowest BCUT2D eigenvalue weighted by molar-refractivity contribution is -0.123. The van der Waals surface area contributed by atoms with Gasteiger partial charge in [0.2, 0.25) is 5.91 Å². The molecule has 1 N–H and O–H groups in total. The zero-order valence-corrected chi connectivity index (χ0v) is 17.6. The number of hydrogen-bond acceptors (Lipinski definition) is 5. The molecule has 0 aliphatic heterocycles. The van der Waals surface area contributed by atoms with E-state index in [2.05, 4.69) is 22.3 Å². The van der Waals surface area contributed by atoms with Crippen LogP contribution in [-0.4, -0.2) is 44.7 Å². The number of carbonyl (C=O) groups excluding carboxylic acids is 1. The van der Waals surface area contributed by atoms with Crippen LogP contribution in [0.4, 0.5) is 0 Å². The van der Waals surface area contributed by atoms with Crippen molar-refractivity contribution >= 4 is 5.91 Å². The Morgan fingerprint density at radius 1 is 1.03 bits per heavy atom. The van der Waals surface area contributed by atoms with Crippen LogP contribution in [0.3, 0.4) is 0 Å². The Bertz CT molecular complexity index is 818. The SMILES string of the molecule is COc1ccc(CN(CC(=O)NC(C)c2cc(OC)ccc2OC)C2CC2)cc1. The molecule has 3 rings (SSSR count). The highest BCUT2D eigenvalue weighted by Crippen LogP contribution is 2.30. The quantitative estimate of drug-likeness (QED) is 0.663. The van der Waals surface area contributed by atoms with Gasteiger partial charge in [0.05, 0.1) is 33.9 Å². The van der Waals surface area contributed by atoms with Crippen molar-refractivity contribution in [2.75, 3.05) is 27.9 Å². The number of amides is 1. The highest BCUT2D eigenvalue weighted by Gasteiger charge is 2.30. The van der Waals surface area contributed by atoms with E-state index in [1.54, 1.807) is 21.3 Å². The van der Waals surface area contributed by atoms with Crippen molar-refractivity contribution in [1.82, 2.24) is 10.2 Å². The Hall–Kier alpha value is -2.73. The van der Waals surface area contributed by atoms with Gasteiger partial charge in [-0.15, -0.1) is 0 Å². The Balaban J connectivity index is 1.63. The number of hydrogen-bond donors (Lipinski definition) is 1. The monoisotopic (exact) mass is 398 g/mol. The summed E-state index contributed by atoms with van der Waals surface area (Å²) in [6, 6.07) is 13.9. The van der Waals surface area contributed by atoms with Gasteiger partial charge in [0, 0.05) is 18.2 Å². The van der Waals surface area contributed by atoms with Crippen molar-refractivity contribution in [2.24, 2.45) is 0 Å². The first kappa shape index (κ1) is 21.0. The Labute approximate surface area is 172 Å². The molecule has 1 fully saturated rings. The summed E-state index contributed by atoms with van der Waals surface area (Å²) < 4.78 is 16.0. The van der Waals surface area contributed by atoms with Crippen LogP contribution in [0, 0.1) is 0 Å². The standard InChI is InChI=1S/C23H30N2O4/c1-16(21-13-20(28-3)11-12-22(21)29-4)24-23(26)15-25(18-7-8-18)14-17-5-9-19(27-2)10-6-17/h5-6,9-13,16,18H,7-8,14-15H2,1-4H3,(H,24,26). The third-order valence-electron chi connectivity index (χ3n) is 5.24. The highest BCUT2D eigenvalue weighted by molar-refractivity contribution is 5.78. The van der Waals surface area contributed by atoms with Crippen molar-refractivity contribution < 1.29 is 19.0 Å². The van der Waals surface area contributed by atoms with E-state index in [4.69, 9.17) is 14.2 Å². The van der Waals surface area contributed by atoms with Gasteiger partial charge in [0.1, 0.15) is 17.2 Å². The van der Waals surface area contributed by atoms with Gasteiger partial charge in [0.15, 0.2) is 0 Å². The highest BCUT2D eigenvalue weighted by atomic mass is 16.5. The minimum Gasteiger partial charge on any atom is -0.497 e. The summed E-state index contributed by atoms with van der Waals surface area (Å²) in [5, 5.41) is 3.10. The van der Waals surface area contributed by atoms with Gasteiger partial charge in [-0.3, -0.25) is 9.69 Å². The molecule has 1 aliphatic carbocycles. The lowest BCUT2D eigenvalue weighted by Gasteiger charge is -2.24. The van der Waals surface area contributed by atoms with Gasteiger partial charge in [-0.2, -0.15) is 0 Å². The fraction of sp³-hybridized carbons (Fsp3) is 0.435. The van der Waals surface area contributed by atoms with Crippen LogP contribution in [0.5, 0.6) is 17.2 Å². The minimum atomic E-state index is -0.186. The van der Waals surface area contributed by atoms with E-state index in [0.717, 1.165) is 42.2 Å². The lowest BCUT2D eigenvalue weighted by atomic mass is 10.1. The molecule has 0 spiro atoms. The first-order valence-corrected chi connectivity index (χ1v) is 9.92. The molecular formula is C23H30N2O4. The van der Waals surface area contributed by atoms with E-state index >= 15 is 0 Å². The third kappa shape index (κ3) is 5.64. The van der Waals surface area contributed by atoms with Gasteiger partial charge in [-0.25, -0.2) is 0 Å². The third-order valence-corrected chi connectivity index (χ3v) is 5.24. The first-order valence-electron chi connectivity index (χ1n) is 9.92. The van der Waals surface area contributed by atoms with Crippen LogP contribution < -0.4 is 19.5 Å². The number of nitrogens with zero attached hydrogens (tertiary/aromatic N) is 1. The molecule has 6 nitrogen and oxygen atoms in total. The van der Waals surface area contributed by atoms with Crippen molar-refractivity contribution in [3.8, 4) is 17.2 Å². The number of nitrogens with one attached hydrogen (secondary N) is 1. The molecular weight excluding hydrogens is 368 g/mol. The summed E-state index contributed by atoms with van der Waals surface area (Å²) in [4.78, 5) is 15.0. The van der Waals surface area contributed by atoms with Gasteiger partial charge < -0.3 is 19.5 Å². The van der Waals surface area contributed by atoms with Gasteiger partial charge in [-0.1, -0.05) is 12.1 Å². The molecule has 1 atom stereocenters. The predicted octanol–water partition coefficient (Wildman–Crippen LogP) is 3.55. The predicted molar refractivity (Wildman–Crippen MR) is 113 cm³/mol. The number of methoxy groups -OCH3 is 3. The average molecular weight is 399 g/mol. The fourth-order valence-corrected chi connectivity index (χ4v) is 3.45. The molecule has 1 unspecified atom stereocenters. The maximum absolute atomic E-state index is 12.8. The van der Waals surface area contributed by atoms with Crippen molar-refractivity contribution in [1.29, 1.82) is 0 Å². The van der Waals surface area contributed by atoms with Crippen LogP contribution in [0.15, 0.2) is 42.5 Å². The summed E-state index contributed by atoms with van der Waals surface area (Å²) in [6.45, 7) is 3.08. The molecule has 0 bridgehead atoms. The fourth-order valence-electron chi connectivity index (χ4n) is 3.45. The Kier molecular flexibility index (Phi) is 6.99. The number of rotatable bonds is 10. The Morgan fingerprint density at radius 3 is 2.28 bits per heavy atom. The van der Waals surface area contributed by atoms with Crippen molar-refractivity contribution in [2.45, 2.75) is 38.4 Å². The molecule has 6 heteroatoms. The number of benzene rings is 2. The molecule has 0 saturated heterocycles. The van der Waals surface area contributed by atoms with Gasteiger partial charge >= 0.3 is 0 Å². The summed E-state index contributed by atoms with van der Waals surface area (Å²) in [5.74, 6) is 2.31. The minimum absolute atomic E-state index is 0.00258. The average Bonchev–Trinajstić information content (AvgIpc) is 3.58. The maximum Gasteiger partial charge on any atom is 0.234 e. The molecule has 156 valence electrons. The molecule has 2 aromatic carbocycles. The topological polar surface area (TPSA) is 60.0 Å². The molecule has 0 heterocycles.